The number of carbonyl (C=O) groups excluding carboxylic acids is 1. The Morgan fingerprint density at radius 3 is 2.68 bits per heavy atom. The fourth-order valence-electron chi connectivity index (χ4n) is 1.86. The van der Waals surface area contributed by atoms with Crippen LogP contribution in [0.2, 0.25) is 5.02 Å². The van der Waals surface area contributed by atoms with Crippen molar-refractivity contribution in [1.29, 1.82) is 0 Å². The van der Waals surface area contributed by atoms with Crippen LogP contribution in [0.15, 0.2) is 12.3 Å². The van der Waals surface area contributed by atoms with E-state index in [1.165, 1.54) is 0 Å². The maximum absolute atomic E-state index is 12.2. The van der Waals surface area contributed by atoms with Crippen molar-refractivity contribution in [2.75, 3.05) is 13.2 Å². The molecule has 0 atom stereocenters. The minimum Gasteiger partial charge on any atom is -0.396 e. The molecule has 108 valence electrons. The predicted molar refractivity (Wildman–Crippen MR) is 77.6 cm³/mol. The van der Waals surface area contributed by atoms with Crippen LogP contribution < -0.4 is 5.32 Å². The van der Waals surface area contributed by atoms with Crippen molar-refractivity contribution in [3.63, 3.8) is 0 Å². The number of nitrogens with zero attached hydrogens (tertiary/aromatic N) is 1. The van der Waals surface area contributed by atoms with Gasteiger partial charge in [0.1, 0.15) is 5.69 Å². The highest BCUT2D eigenvalue weighted by atomic mass is 35.5. The summed E-state index contributed by atoms with van der Waals surface area (Å²) in [6, 6.07) is 1.86. The topological polar surface area (TPSA) is 54.3 Å². The Hall–Kier alpha value is -1.00. The molecule has 5 heteroatoms. The summed E-state index contributed by atoms with van der Waals surface area (Å²) in [6.07, 6.45) is 2.42. The van der Waals surface area contributed by atoms with Gasteiger partial charge in [0.15, 0.2) is 0 Å². The van der Waals surface area contributed by atoms with Crippen molar-refractivity contribution in [3.05, 3.63) is 23.0 Å². The maximum atomic E-state index is 12.2. The van der Waals surface area contributed by atoms with E-state index in [0.717, 1.165) is 0 Å². The molecule has 0 aromatic carbocycles. The summed E-state index contributed by atoms with van der Waals surface area (Å²) in [6.45, 7) is 8.67. The summed E-state index contributed by atoms with van der Waals surface area (Å²) in [7, 11) is 0. The quantitative estimate of drug-likeness (QED) is 0.845. The summed E-state index contributed by atoms with van der Waals surface area (Å²) in [5, 5.41) is 12.4. The zero-order valence-electron chi connectivity index (χ0n) is 12.0. The molecule has 0 aliphatic carbocycles. The lowest BCUT2D eigenvalue weighted by Gasteiger charge is -2.24. The first kappa shape index (κ1) is 16.1. The number of aromatic nitrogens is 1. The van der Waals surface area contributed by atoms with Crippen molar-refractivity contribution in [2.24, 2.45) is 5.41 Å². The minimum atomic E-state index is -0.133. The van der Waals surface area contributed by atoms with Crippen molar-refractivity contribution >= 4 is 17.5 Å². The lowest BCUT2D eigenvalue weighted by Crippen LogP contribution is -2.35. The summed E-state index contributed by atoms with van der Waals surface area (Å²) >= 11 is 5.96. The van der Waals surface area contributed by atoms with E-state index >= 15 is 0 Å². The number of aliphatic hydroxyl groups excluding tert-OH is 1. The first-order valence-corrected chi connectivity index (χ1v) is 6.91. The Morgan fingerprint density at radius 1 is 1.53 bits per heavy atom. The van der Waals surface area contributed by atoms with Gasteiger partial charge in [-0.3, -0.25) is 4.79 Å². The zero-order chi connectivity index (χ0) is 14.6. The molecule has 1 aromatic rings. The number of aliphatic hydroxyl groups is 1. The average molecular weight is 287 g/mol. The van der Waals surface area contributed by atoms with Crippen LogP contribution in [0.3, 0.4) is 0 Å². The summed E-state index contributed by atoms with van der Waals surface area (Å²) in [5.41, 5.74) is 0.448. The Morgan fingerprint density at radius 2 is 2.16 bits per heavy atom. The van der Waals surface area contributed by atoms with Gasteiger partial charge < -0.3 is 15.0 Å². The molecular formula is C14H23ClN2O2. The molecule has 0 aliphatic heterocycles. The van der Waals surface area contributed by atoms with Gasteiger partial charge in [-0.15, -0.1) is 0 Å². The zero-order valence-corrected chi connectivity index (χ0v) is 12.8. The lowest BCUT2D eigenvalue weighted by molar-refractivity contribution is 0.0917. The molecule has 0 aliphatic rings. The fraction of sp³-hybridized carbons (Fsp3) is 0.643. The number of hydrogen-bond acceptors (Lipinski definition) is 2. The van der Waals surface area contributed by atoms with Crippen LogP contribution in [0.4, 0.5) is 0 Å². The van der Waals surface area contributed by atoms with Crippen LogP contribution in [-0.2, 0) is 0 Å². The van der Waals surface area contributed by atoms with Gasteiger partial charge in [0.05, 0.1) is 5.02 Å². The van der Waals surface area contributed by atoms with Crippen molar-refractivity contribution in [1.82, 2.24) is 9.88 Å². The SMILES string of the molecule is CC(C)n1cc(Cl)cc1C(=O)NCC(C)(C)CCO. The van der Waals surface area contributed by atoms with Gasteiger partial charge in [-0.1, -0.05) is 25.4 Å². The van der Waals surface area contributed by atoms with Crippen LogP contribution in [0.5, 0.6) is 0 Å². The van der Waals surface area contributed by atoms with Gasteiger partial charge in [0.2, 0.25) is 0 Å². The minimum absolute atomic E-state index is 0.122. The molecule has 0 bridgehead atoms. The van der Waals surface area contributed by atoms with E-state index in [1.54, 1.807) is 12.3 Å². The molecule has 1 heterocycles. The third kappa shape index (κ3) is 4.55. The monoisotopic (exact) mass is 286 g/mol. The van der Waals surface area contributed by atoms with E-state index in [1.807, 2.05) is 32.3 Å². The Bertz CT molecular complexity index is 439. The molecule has 1 rings (SSSR count). The van der Waals surface area contributed by atoms with E-state index in [0.29, 0.717) is 23.7 Å². The summed E-state index contributed by atoms with van der Waals surface area (Å²) in [5.74, 6) is -0.133. The number of halogens is 1. The van der Waals surface area contributed by atoms with Gasteiger partial charge in [0.25, 0.3) is 5.91 Å². The molecule has 0 spiro atoms. The molecule has 0 radical (unpaired) electrons. The highest BCUT2D eigenvalue weighted by molar-refractivity contribution is 6.31. The van der Waals surface area contributed by atoms with Crippen LogP contribution in [0.25, 0.3) is 0 Å². The van der Waals surface area contributed by atoms with E-state index in [4.69, 9.17) is 16.7 Å². The van der Waals surface area contributed by atoms with Crippen molar-refractivity contribution in [2.45, 2.75) is 40.2 Å². The molecule has 0 fully saturated rings. The van der Waals surface area contributed by atoms with E-state index in [-0.39, 0.29) is 24.0 Å². The average Bonchev–Trinajstić information content (AvgIpc) is 2.68. The predicted octanol–water partition coefficient (Wildman–Crippen LogP) is 2.86. The molecule has 2 N–H and O–H groups in total. The molecule has 1 aromatic heterocycles. The van der Waals surface area contributed by atoms with Crippen LogP contribution >= 0.6 is 11.6 Å². The number of hydrogen-bond donors (Lipinski definition) is 2. The van der Waals surface area contributed by atoms with Gasteiger partial charge in [-0.05, 0) is 31.7 Å². The Balaban J connectivity index is 2.74. The van der Waals surface area contributed by atoms with Gasteiger partial charge >= 0.3 is 0 Å². The molecule has 19 heavy (non-hydrogen) atoms. The normalized spacial score (nSPS) is 11.9. The molecular weight excluding hydrogens is 264 g/mol. The first-order valence-electron chi connectivity index (χ1n) is 6.53. The standard InChI is InChI=1S/C14H23ClN2O2/c1-10(2)17-8-11(15)7-12(17)13(19)16-9-14(3,4)5-6-18/h7-8,10,18H,5-6,9H2,1-4H3,(H,16,19). The largest absolute Gasteiger partial charge is 0.396 e. The molecule has 1 amide bonds. The van der Waals surface area contributed by atoms with E-state index in [9.17, 15) is 4.79 Å². The Labute approximate surface area is 119 Å². The van der Waals surface area contributed by atoms with Crippen LogP contribution in [0.1, 0.15) is 50.6 Å². The summed E-state index contributed by atoms with van der Waals surface area (Å²) in [4.78, 5) is 12.2. The van der Waals surface area contributed by atoms with E-state index < -0.39 is 0 Å². The van der Waals surface area contributed by atoms with Crippen LogP contribution in [0, 0.1) is 5.41 Å². The number of rotatable bonds is 6. The van der Waals surface area contributed by atoms with Gasteiger partial charge in [-0.25, -0.2) is 0 Å². The van der Waals surface area contributed by atoms with Gasteiger partial charge in [-0.2, -0.15) is 0 Å². The second kappa shape index (κ2) is 6.44. The highest BCUT2D eigenvalue weighted by Crippen LogP contribution is 2.21. The first-order chi connectivity index (χ1) is 8.76. The highest BCUT2D eigenvalue weighted by Gasteiger charge is 2.20. The number of nitrogens with one attached hydrogen (secondary N) is 1. The number of amides is 1. The number of carbonyl (C=O) groups is 1. The second-order valence-electron chi connectivity index (χ2n) is 5.87. The second-order valence-corrected chi connectivity index (χ2v) is 6.30. The molecule has 0 saturated heterocycles. The van der Waals surface area contributed by atoms with Crippen LogP contribution in [-0.4, -0.2) is 28.7 Å². The molecule has 0 saturated carbocycles. The molecule has 0 unspecified atom stereocenters. The third-order valence-corrected chi connectivity index (χ3v) is 3.33. The molecule has 4 nitrogen and oxygen atoms in total. The smallest absolute Gasteiger partial charge is 0.267 e. The van der Waals surface area contributed by atoms with Crippen molar-refractivity contribution < 1.29 is 9.90 Å². The van der Waals surface area contributed by atoms with E-state index in [2.05, 4.69) is 5.32 Å². The summed E-state index contributed by atoms with van der Waals surface area (Å²) < 4.78 is 1.86. The van der Waals surface area contributed by atoms with Crippen molar-refractivity contribution in [3.8, 4) is 0 Å². The lowest BCUT2D eigenvalue weighted by atomic mass is 9.90. The van der Waals surface area contributed by atoms with Gasteiger partial charge in [0, 0.05) is 25.4 Å². The maximum Gasteiger partial charge on any atom is 0.267 e. The Kier molecular flexibility index (Phi) is 5.44. The fourth-order valence-corrected chi connectivity index (χ4v) is 2.06. The third-order valence-electron chi connectivity index (χ3n) is 3.12.